The van der Waals surface area contributed by atoms with Gasteiger partial charge in [-0.15, -0.1) is 13.2 Å². The van der Waals surface area contributed by atoms with Gasteiger partial charge in [0.05, 0.1) is 0 Å². The predicted octanol–water partition coefficient (Wildman–Crippen LogP) is 2.93. The zero-order valence-corrected chi connectivity index (χ0v) is 13.0. The number of rotatable bonds is 6. The first-order valence-electron chi connectivity index (χ1n) is 7.63. The summed E-state index contributed by atoms with van der Waals surface area (Å²) < 4.78 is 40.5. The van der Waals surface area contributed by atoms with Crippen molar-refractivity contribution in [3.8, 4) is 5.75 Å². The minimum absolute atomic E-state index is 0.000886. The zero-order valence-electron chi connectivity index (χ0n) is 13.0. The fourth-order valence-electron chi connectivity index (χ4n) is 2.68. The molecule has 1 saturated heterocycles. The first-order chi connectivity index (χ1) is 10.8. The van der Waals surface area contributed by atoms with Crippen LogP contribution in [0.2, 0.25) is 0 Å². The minimum atomic E-state index is -4.71. The van der Waals surface area contributed by atoms with Crippen molar-refractivity contribution in [2.75, 3.05) is 20.1 Å². The lowest BCUT2D eigenvalue weighted by molar-refractivity contribution is -0.274. The highest BCUT2D eigenvalue weighted by molar-refractivity contribution is 5.75. The van der Waals surface area contributed by atoms with E-state index in [2.05, 4.69) is 10.1 Å². The number of carbonyl (C=O) groups is 1. The summed E-state index contributed by atoms with van der Waals surface area (Å²) in [6.07, 6.45) is -2.32. The Hall–Kier alpha value is -1.76. The van der Waals surface area contributed by atoms with Crippen LogP contribution in [0.15, 0.2) is 24.3 Å². The lowest BCUT2D eigenvalue weighted by atomic mass is 10.0. The summed E-state index contributed by atoms with van der Waals surface area (Å²) in [5, 5.41) is 3.26. The molecule has 7 heteroatoms. The number of nitrogens with zero attached hydrogens (tertiary/aromatic N) is 1. The molecule has 128 valence electrons. The van der Waals surface area contributed by atoms with Crippen molar-refractivity contribution in [3.63, 3.8) is 0 Å². The van der Waals surface area contributed by atoms with E-state index in [-0.39, 0.29) is 18.2 Å². The summed E-state index contributed by atoms with van der Waals surface area (Å²) in [6.45, 7) is 2.21. The monoisotopic (exact) mass is 330 g/mol. The zero-order chi connectivity index (χ0) is 16.9. The van der Waals surface area contributed by atoms with Gasteiger partial charge in [-0.05, 0) is 49.5 Å². The van der Waals surface area contributed by atoms with E-state index in [4.69, 9.17) is 0 Å². The summed E-state index contributed by atoms with van der Waals surface area (Å²) in [6, 6.07) is 5.71. The lowest BCUT2D eigenvalue weighted by Crippen LogP contribution is -2.26. The molecule has 4 nitrogen and oxygen atoms in total. The normalized spacial score (nSPS) is 18.0. The van der Waals surface area contributed by atoms with Crippen molar-refractivity contribution in [1.82, 2.24) is 10.2 Å². The Balaban J connectivity index is 1.85. The van der Waals surface area contributed by atoms with Gasteiger partial charge in [0.2, 0.25) is 5.91 Å². The van der Waals surface area contributed by atoms with Gasteiger partial charge in [-0.25, -0.2) is 0 Å². The summed E-state index contributed by atoms with van der Waals surface area (Å²) in [5.41, 5.74) is 0.602. The minimum Gasteiger partial charge on any atom is -0.406 e. The van der Waals surface area contributed by atoms with E-state index in [1.54, 1.807) is 13.1 Å². The number of hydrogen-bond donors (Lipinski definition) is 1. The predicted molar refractivity (Wildman–Crippen MR) is 79.8 cm³/mol. The van der Waals surface area contributed by atoms with Crippen molar-refractivity contribution < 1.29 is 22.7 Å². The van der Waals surface area contributed by atoms with Crippen molar-refractivity contribution in [3.05, 3.63) is 29.8 Å². The number of amides is 1. The molecule has 1 atom stereocenters. The Morgan fingerprint density at radius 3 is 2.87 bits per heavy atom. The molecule has 1 aliphatic rings. The largest absolute Gasteiger partial charge is 0.573 e. The maximum absolute atomic E-state index is 12.2. The quantitative estimate of drug-likeness (QED) is 0.872. The van der Waals surface area contributed by atoms with Crippen LogP contribution in [-0.2, 0) is 11.3 Å². The van der Waals surface area contributed by atoms with E-state index >= 15 is 0 Å². The fourth-order valence-corrected chi connectivity index (χ4v) is 2.68. The number of nitrogens with one attached hydrogen (secondary N) is 1. The van der Waals surface area contributed by atoms with Crippen LogP contribution in [0.4, 0.5) is 13.2 Å². The average molecular weight is 330 g/mol. The molecular weight excluding hydrogens is 309 g/mol. The average Bonchev–Trinajstić information content (AvgIpc) is 2.96. The maximum atomic E-state index is 12.2. The molecule has 0 aromatic heterocycles. The third-order valence-corrected chi connectivity index (χ3v) is 3.91. The highest BCUT2D eigenvalue weighted by Gasteiger charge is 2.31. The molecule has 1 aromatic rings. The van der Waals surface area contributed by atoms with Gasteiger partial charge in [0, 0.05) is 20.0 Å². The van der Waals surface area contributed by atoms with Gasteiger partial charge in [-0.2, -0.15) is 0 Å². The SMILES string of the molecule is CN(Cc1cccc(OC(F)(F)F)c1)C(=O)CCC1CCNC1. The lowest BCUT2D eigenvalue weighted by Gasteiger charge is -2.19. The number of halogens is 3. The van der Waals surface area contributed by atoms with E-state index in [1.165, 1.54) is 23.1 Å². The third kappa shape index (κ3) is 6.09. The third-order valence-electron chi connectivity index (χ3n) is 3.91. The summed E-state index contributed by atoms with van der Waals surface area (Å²) in [7, 11) is 1.66. The highest BCUT2D eigenvalue weighted by atomic mass is 19.4. The summed E-state index contributed by atoms with van der Waals surface area (Å²) in [4.78, 5) is 13.6. The van der Waals surface area contributed by atoms with Crippen LogP contribution in [0.1, 0.15) is 24.8 Å². The van der Waals surface area contributed by atoms with E-state index in [1.807, 2.05) is 0 Å². The fraction of sp³-hybridized carbons (Fsp3) is 0.562. The molecule has 0 spiro atoms. The van der Waals surface area contributed by atoms with Gasteiger partial charge < -0.3 is 15.0 Å². The van der Waals surface area contributed by atoms with Crippen LogP contribution >= 0.6 is 0 Å². The Bertz CT molecular complexity index is 528. The molecule has 1 unspecified atom stereocenters. The Morgan fingerprint density at radius 2 is 2.22 bits per heavy atom. The topological polar surface area (TPSA) is 41.6 Å². The van der Waals surface area contributed by atoms with Crippen LogP contribution in [0.25, 0.3) is 0 Å². The molecule has 0 aliphatic carbocycles. The smallest absolute Gasteiger partial charge is 0.406 e. The first kappa shape index (κ1) is 17.6. The van der Waals surface area contributed by atoms with Crippen molar-refractivity contribution >= 4 is 5.91 Å². The van der Waals surface area contributed by atoms with Crippen LogP contribution in [0.3, 0.4) is 0 Å². The molecule has 0 radical (unpaired) electrons. The second kappa shape index (κ2) is 7.68. The van der Waals surface area contributed by atoms with Crippen LogP contribution in [-0.4, -0.2) is 37.3 Å². The number of alkyl halides is 3. The van der Waals surface area contributed by atoms with Crippen molar-refractivity contribution in [1.29, 1.82) is 0 Å². The van der Waals surface area contributed by atoms with Gasteiger partial charge >= 0.3 is 6.36 Å². The van der Waals surface area contributed by atoms with Gasteiger partial charge in [0.25, 0.3) is 0 Å². The van der Waals surface area contributed by atoms with Gasteiger partial charge in [0.15, 0.2) is 0 Å². The standard InChI is InChI=1S/C16H21F3N2O2/c1-21(15(22)6-5-12-7-8-20-10-12)11-13-3-2-4-14(9-13)23-16(17,18)19/h2-4,9,12,20H,5-8,10-11H2,1H3. The molecule has 2 rings (SSSR count). The second-order valence-electron chi connectivity index (χ2n) is 5.84. The number of benzene rings is 1. The molecule has 1 amide bonds. The van der Waals surface area contributed by atoms with Crippen LogP contribution in [0.5, 0.6) is 5.75 Å². The molecule has 1 aliphatic heterocycles. The van der Waals surface area contributed by atoms with Crippen molar-refractivity contribution in [2.45, 2.75) is 32.2 Å². The van der Waals surface area contributed by atoms with E-state index in [9.17, 15) is 18.0 Å². The molecule has 23 heavy (non-hydrogen) atoms. The van der Waals surface area contributed by atoms with E-state index in [0.717, 1.165) is 25.9 Å². The van der Waals surface area contributed by atoms with Gasteiger partial charge in [-0.3, -0.25) is 4.79 Å². The molecule has 0 bridgehead atoms. The van der Waals surface area contributed by atoms with Gasteiger partial charge in [-0.1, -0.05) is 12.1 Å². The number of ether oxygens (including phenoxy) is 1. The summed E-state index contributed by atoms with van der Waals surface area (Å²) in [5.74, 6) is 0.266. The Kier molecular flexibility index (Phi) is 5.87. The van der Waals surface area contributed by atoms with Crippen LogP contribution < -0.4 is 10.1 Å². The second-order valence-corrected chi connectivity index (χ2v) is 5.84. The molecule has 1 fully saturated rings. The molecule has 1 heterocycles. The number of carbonyl (C=O) groups excluding carboxylic acids is 1. The van der Waals surface area contributed by atoms with Crippen molar-refractivity contribution in [2.24, 2.45) is 5.92 Å². The first-order valence-corrected chi connectivity index (χ1v) is 7.63. The maximum Gasteiger partial charge on any atom is 0.573 e. The van der Waals surface area contributed by atoms with Gasteiger partial charge in [0.1, 0.15) is 5.75 Å². The number of hydrogen-bond acceptors (Lipinski definition) is 3. The Labute approximate surface area is 133 Å². The van der Waals surface area contributed by atoms with E-state index < -0.39 is 6.36 Å². The van der Waals surface area contributed by atoms with E-state index in [0.29, 0.717) is 17.9 Å². The highest BCUT2D eigenvalue weighted by Crippen LogP contribution is 2.24. The molecule has 1 aromatic carbocycles. The molecule has 1 N–H and O–H groups in total. The molecular formula is C16H21F3N2O2. The summed E-state index contributed by atoms with van der Waals surface area (Å²) >= 11 is 0. The van der Waals surface area contributed by atoms with Crippen LogP contribution in [0, 0.1) is 5.92 Å². The Morgan fingerprint density at radius 1 is 1.43 bits per heavy atom. The molecule has 0 saturated carbocycles.